The highest BCUT2D eigenvalue weighted by Gasteiger charge is 2.23. The molecule has 13 heavy (non-hydrogen) atoms. The van der Waals surface area contributed by atoms with Gasteiger partial charge in [-0.05, 0) is 6.92 Å². The fourth-order valence-corrected chi connectivity index (χ4v) is 1.67. The van der Waals surface area contributed by atoms with E-state index in [0.29, 0.717) is 12.6 Å². The van der Waals surface area contributed by atoms with Gasteiger partial charge in [0.15, 0.2) is 0 Å². The van der Waals surface area contributed by atoms with Gasteiger partial charge in [0.25, 0.3) is 0 Å². The summed E-state index contributed by atoms with van der Waals surface area (Å²) in [5, 5.41) is 0. The van der Waals surface area contributed by atoms with Crippen molar-refractivity contribution in [2.24, 2.45) is 5.73 Å². The smallest absolute Gasteiger partial charge is 0.0633 e. The van der Waals surface area contributed by atoms with Crippen LogP contribution in [0.3, 0.4) is 0 Å². The molecule has 1 fully saturated rings. The average Bonchev–Trinajstić information content (AvgIpc) is 2.15. The second-order valence-corrected chi connectivity index (χ2v) is 3.53. The quantitative estimate of drug-likeness (QED) is 0.657. The number of nitrogens with zero attached hydrogens (tertiary/aromatic N) is 1. The highest BCUT2D eigenvalue weighted by molar-refractivity contribution is 4.80. The molecule has 0 spiro atoms. The normalized spacial score (nSPS) is 24.2. The molecule has 2 N–H and O–H groups in total. The van der Waals surface area contributed by atoms with E-state index in [1.165, 1.54) is 0 Å². The molecule has 0 bridgehead atoms. The Bertz CT molecular complexity index is 136. The fourth-order valence-electron chi connectivity index (χ4n) is 1.67. The molecule has 4 heteroatoms. The van der Waals surface area contributed by atoms with E-state index in [9.17, 15) is 0 Å². The Morgan fingerprint density at radius 3 is 2.54 bits per heavy atom. The minimum Gasteiger partial charge on any atom is -0.383 e. The highest BCUT2D eigenvalue weighted by Crippen LogP contribution is 2.07. The topological polar surface area (TPSA) is 47.7 Å². The number of hydrogen-bond donors (Lipinski definition) is 1. The monoisotopic (exact) mass is 188 g/mol. The first-order chi connectivity index (χ1) is 6.25. The molecule has 1 unspecified atom stereocenters. The minimum absolute atomic E-state index is 0.151. The van der Waals surface area contributed by atoms with Crippen LogP contribution >= 0.6 is 0 Å². The van der Waals surface area contributed by atoms with Crippen LogP contribution in [0, 0.1) is 0 Å². The number of nitrogens with two attached hydrogens (primary N) is 1. The van der Waals surface area contributed by atoms with E-state index in [-0.39, 0.29) is 6.04 Å². The van der Waals surface area contributed by atoms with Crippen molar-refractivity contribution >= 4 is 0 Å². The largest absolute Gasteiger partial charge is 0.383 e. The fraction of sp³-hybridized carbons (Fsp3) is 1.00. The van der Waals surface area contributed by atoms with Gasteiger partial charge in [-0.2, -0.15) is 0 Å². The van der Waals surface area contributed by atoms with Gasteiger partial charge in [-0.25, -0.2) is 0 Å². The van der Waals surface area contributed by atoms with E-state index in [1.54, 1.807) is 7.11 Å². The van der Waals surface area contributed by atoms with Gasteiger partial charge in [0.2, 0.25) is 0 Å². The summed E-state index contributed by atoms with van der Waals surface area (Å²) in [5.74, 6) is 0. The van der Waals surface area contributed by atoms with E-state index < -0.39 is 0 Å². The van der Waals surface area contributed by atoms with E-state index in [0.717, 1.165) is 26.3 Å². The van der Waals surface area contributed by atoms with Crippen molar-refractivity contribution in [3.63, 3.8) is 0 Å². The maximum absolute atomic E-state index is 5.89. The van der Waals surface area contributed by atoms with E-state index in [1.807, 2.05) is 6.92 Å². The second-order valence-electron chi connectivity index (χ2n) is 3.53. The van der Waals surface area contributed by atoms with Gasteiger partial charge in [-0.3, -0.25) is 4.90 Å². The number of hydrogen-bond acceptors (Lipinski definition) is 4. The number of ether oxygens (including phenoxy) is 2. The van der Waals surface area contributed by atoms with Crippen LogP contribution < -0.4 is 5.73 Å². The van der Waals surface area contributed by atoms with Gasteiger partial charge < -0.3 is 15.2 Å². The van der Waals surface area contributed by atoms with Gasteiger partial charge in [0, 0.05) is 32.3 Å². The summed E-state index contributed by atoms with van der Waals surface area (Å²) in [7, 11) is 1.72. The first-order valence-electron chi connectivity index (χ1n) is 4.82. The molecule has 0 amide bonds. The second kappa shape index (κ2) is 5.54. The van der Waals surface area contributed by atoms with Crippen molar-refractivity contribution < 1.29 is 9.47 Å². The molecule has 78 valence electrons. The van der Waals surface area contributed by atoms with Gasteiger partial charge in [-0.1, -0.05) is 0 Å². The molecule has 0 aliphatic carbocycles. The molecule has 0 radical (unpaired) electrons. The molecule has 4 nitrogen and oxygen atoms in total. The summed E-state index contributed by atoms with van der Waals surface area (Å²) >= 11 is 0. The Balaban J connectivity index is 2.41. The van der Waals surface area contributed by atoms with Crippen LogP contribution in [-0.4, -0.2) is 57.0 Å². The number of rotatable bonds is 4. The molecular weight excluding hydrogens is 168 g/mol. The molecule has 1 rings (SSSR count). The van der Waals surface area contributed by atoms with Crippen LogP contribution in [0.4, 0.5) is 0 Å². The molecule has 0 aromatic carbocycles. The third-order valence-corrected chi connectivity index (χ3v) is 2.46. The molecule has 0 saturated carbocycles. The Kier molecular flexibility index (Phi) is 4.66. The molecule has 0 aromatic heterocycles. The summed E-state index contributed by atoms with van der Waals surface area (Å²) in [4.78, 5) is 2.34. The van der Waals surface area contributed by atoms with Gasteiger partial charge in [0.05, 0.1) is 19.8 Å². The Labute approximate surface area is 80.0 Å². The molecular formula is C9H20N2O2. The van der Waals surface area contributed by atoms with Crippen LogP contribution in [0.2, 0.25) is 0 Å². The van der Waals surface area contributed by atoms with E-state index in [4.69, 9.17) is 15.2 Å². The Hall–Kier alpha value is -0.160. The third kappa shape index (κ3) is 3.23. The number of morpholine rings is 1. The Morgan fingerprint density at radius 2 is 2.08 bits per heavy atom. The van der Waals surface area contributed by atoms with Crippen molar-refractivity contribution in [2.45, 2.75) is 19.0 Å². The zero-order chi connectivity index (χ0) is 9.68. The Morgan fingerprint density at radius 1 is 1.46 bits per heavy atom. The van der Waals surface area contributed by atoms with Crippen molar-refractivity contribution in [3.05, 3.63) is 0 Å². The summed E-state index contributed by atoms with van der Waals surface area (Å²) < 4.78 is 10.4. The van der Waals surface area contributed by atoms with E-state index >= 15 is 0 Å². The minimum atomic E-state index is 0.151. The third-order valence-electron chi connectivity index (χ3n) is 2.46. The lowest BCUT2D eigenvalue weighted by atomic mass is 10.1. The molecule has 1 aliphatic rings. The maximum Gasteiger partial charge on any atom is 0.0633 e. The summed E-state index contributed by atoms with van der Waals surface area (Å²) in [5.41, 5.74) is 5.89. The van der Waals surface area contributed by atoms with Crippen LogP contribution in [0.5, 0.6) is 0 Å². The molecule has 2 atom stereocenters. The molecule has 1 heterocycles. The lowest BCUT2D eigenvalue weighted by Gasteiger charge is -2.36. The average molecular weight is 188 g/mol. The highest BCUT2D eigenvalue weighted by atomic mass is 16.5. The summed E-state index contributed by atoms with van der Waals surface area (Å²) in [6, 6.07) is 0.479. The van der Waals surface area contributed by atoms with E-state index in [2.05, 4.69) is 4.90 Å². The summed E-state index contributed by atoms with van der Waals surface area (Å²) in [6.07, 6.45) is 0. The van der Waals surface area contributed by atoms with Crippen molar-refractivity contribution in [3.8, 4) is 0 Å². The van der Waals surface area contributed by atoms with Crippen LogP contribution in [0.25, 0.3) is 0 Å². The van der Waals surface area contributed by atoms with Gasteiger partial charge in [-0.15, -0.1) is 0 Å². The van der Waals surface area contributed by atoms with Crippen LogP contribution in [0.1, 0.15) is 6.92 Å². The van der Waals surface area contributed by atoms with Crippen molar-refractivity contribution in [1.29, 1.82) is 0 Å². The zero-order valence-corrected chi connectivity index (χ0v) is 8.53. The van der Waals surface area contributed by atoms with Crippen molar-refractivity contribution in [1.82, 2.24) is 4.90 Å². The SMILES string of the molecule is COCC([C@H](C)N)N1CCOCC1. The summed E-state index contributed by atoms with van der Waals surface area (Å²) in [6.45, 7) is 6.29. The standard InChI is InChI=1S/C9H20N2O2/c1-8(10)9(7-12-2)11-3-5-13-6-4-11/h8-9H,3-7,10H2,1-2H3/t8-,9?/m0/s1. The molecule has 1 aliphatic heterocycles. The van der Waals surface area contributed by atoms with Crippen LogP contribution in [0.15, 0.2) is 0 Å². The van der Waals surface area contributed by atoms with Gasteiger partial charge in [0.1, 0.15) is 0 Å². The molecule has 0 aromatic rings. The predicted octanol–water partition coefficient (Wildman–Crippen LogP) is -0.319. The first-order valence-corrected chi connectivity index (χ1v) is 4.82. The number of methoxy groups -OCH3 is 1. The predicted molar refractivity (Wildman–Crippen MR) is 51.7 cm³/mol. The lowest BCUT2D eigenvalue weighted by molar-refractivity contribution is -0.00837. The van der Waals surface area contributed by atoms with Crippen LogP contribution in [-0.2, 0) is 9.47 Å². The zero-order valence-electron chi connectivity index (χ0n) is 8.53. The maximum atomic E-state index is 5.89. The lowest BCUT2D eigenvalue weighted by Crippen LogP contribution is -2.53. The first kappa shape index (κ1) is 10.9. The van der Waals surface area contributed by atoms with Crippen molar-refractivity contribution in [2.75, 3.05) is 40.0 Å². The van der Waals surface area contributed by atoms with Gasteiger partial charge >= 0.3 is 0 Å². The molecule has 1 saturated heterocycles.